The molecule has 1 heteroatoms. The molecule has 0 amide bonds. The van der Waals surface area contributed by atoms with E-state index in [2.05, 4.69) is 45.9 Å². The van der Waals surface area contributed by atoms with Crippen molar-refractivity contribution in [2.75, 3.05) is 0 Å². The first-order chi connectivity index (χ1) is 9.86. The fourth-order valence-corrected chi connectivity index (χ4v) is 2.80. The second-order valence-electron chi connectivity index (χ2n) is 6.58. The van der Waals surface area contributed by atoms with Crippen LogP contribution in [0, 0.1) is 5.41 Å². The maximum Gasteiger partial charge on any atom is 0.143 e. The first-order valence-corrected chi connectivity index (χ1v) is 7.72. The van der Waals surface area contributed by atoms with Crippen molar-refractivity contribution in [1.29, 1.82) is 0 Å². The van der Waals surface area contributed by atoms with Gasteiger partial charge in [0.15, 0.2) is 0 Å². The van der Waals surface area contributed by atoms with Crippen molar-refractivity contribution in [1.82, 2.24) is 0 Å². The normalized spacial score (nSPS) is 20.6. The van der Waals surface area contributed by atoms with E-state index in [0.717, 1.165) is 11.9 Å². The van der Waals surface area contributed by atoms with E-state index in [9.17, 15) is 4.79 Å². The number of carbonyl (C=O) groups is 1. The minimum absolute atomic E-state index is 0.290. The molecule has 0 heterocycles. The molecule has 1 aliphatic rings. The van der Waals surface area contributed by atoms with Crippen molar-refractivity contribution >= 4 is 6.29 Å². The average molecular weight is 286 g/mol. The Labute approximate surface area is 129 Å². The van der Waals surface area contributed by atoms with Crippen LogP contribution in [-0.2, 0) is 4.79 Å². The van der Waals surface area contributed by atoms with Crippen LogP contribution in [0.3, 0.4) is 0 Å². The number of aldehydes is 1. The van der Waals surface area contributed by atoms with E-state index >= 15 is 0 Å². The van der Waals surface area contributed by atoms with Crippen LogP contribution in [0.2, 0.25) is 0 Å². The zero-order valence-corrected chi connectivity index (χ0v) is 14.1. The molecule has 0 fully saturated rings. The summed E-state index contributed by atoms with van der Waals surface area (Å²) in [6, 6.07) is 0. The number of hydrogen-bond donors (Lipinski definition) is 0. The molecule has 0 aliphatic heterocycles. The average Bonchev–Trinajstić information content (AvgIpc) is 2.37. The summed E-state index contributed by atoms with van der Waals surface area (Å²) in [6.45, 7) is 10.9. The molecule has 1 nitrogen and oxygen atoms in total. The van der Waals surface area contributed by atoms with E-state index < -0.39 is 0 Å². The van der Waals surface area contributed by atoms with Crippen molar-refractivity contribution in [3.63, 3.8) is 0 Å². The smallest absolute Gasteiger partial charge is 0.143 e. The van der Waals surface area contributed by atoms with E-state index in [0.29, 0.717) is 0 Å². The summed E-state index contributed by atoms with van der Waals surface area (Å²) >= 11 is 0. The second-order valence-corrected chi connectivity index (χ2v) is 6.58. The molecule has 0 aromatic rings. The summed E-state index contributed by atoms with van der Waals surface area (Å²) in [5, 5.41) is 0. The van der Waals surface area contributed by atoms with Crippen molar-refractivity contribution in [2.24, 2.45) is 5.41 Å². The van der Waals surface area contributed by atoms with Crippen LogP contribution in [0.4, 0.5) is 0 Å². The lowest BCUT2D eigenvalue weighted by Crippen LogP contribution is -2.19. The summed E-state index contributed by atoms with van der Waals surface area (Å²) in [4.78, 5) is 10.3. The van der Waals surface area contributed by atoms with E-state index in [1.807, 2.05) is 19.1 Å². The molecule has 0 N–H and O–H groups in total. The van der Waals surface area contributed by atoms with E-state index in [1.165, 1.54) is 36.0 Å². The van der Waals surface area contributed by atoms with Crippen LogP contribution >= 0.6 is 0 Å². The van der Waals surface area contributed by atoms with Gasteiger partial charge in [-0.15, -0.1) is 0 Å². The van der Waals surface area contributed by atoms with Crippen molar-refractivity contribution in [3.8, 4) is 0 Å². The lowest BCUT2D eigenvalue weighted by atomic mass is 9.72. The molecule has 0 aromatic carbocycles. The molecule has 0 bridgehead atoms. The molecule has 0 atom stereocenters. The van der Waals surface area contributed by atoms with Gasteiger partial charge < -0.3 is 0 Å². The van der Waals surface area contributed by atoms with Crippen LogP contribution in [0.5, 0.6) is 0 Å². The third-order valence-corrected chi connectivity index (χ3v) is 4.10. The Morgan fingerprint density at radius 3 is 2.57 bits per heavy atom. The van der Waals surface area contributed by atoms with Gasteiger partial charge in [-0.2, -0.15) is 0 Å². The molecule has 0 saturated heterocycles. The molecule has 0 radical (unpaired) electrons. The van der Waals surface area contributed by atoms with Crippen LogP contribution < -0.4 is 0 Å². The van der Waals surface area contributed by atoms with Gasteiger partial charge in [-0.05, 0) is 62.7 Å². The highest BCUT2D eigenvalue weighted by atomic mass is 16.1. The molecular weight excluding hydrogens is 258 g/mol. The summed E-state index contributed by atoms with van der Waals surface area (Å²) in [7, 11) is 0. The highest BCUT2D eigenvalue weighted by Gasteiger charge is 2.26. The van der Waals surface area contributed by atoms with Crippen molar-refractivity contribution in [3.05, 3.63) is 58.7 Å². The Morgan fingerprint density at radius 1 is 1.24 bits per heavy atom. The maximum absolute atomic E-state index is 10.3. The van der Waals surface area contributed by atoms with Crippen molar-refractivity contribution in [2.45, 2.75) is 53.9 Å². The molecule has 1 aliphatic carbocycles. The quantitative estimate of drug-likeness (QED) is 0.359. The molecular formula is C20H28O. The molecule has 0 saturated carbocycles. The summed E-state index contributed by atoms with van der Waals surface area (Å²) in [5.41, 5.74) is 5.48. The Balaban J connectivity index is 2.80. The Morgan fingerprint density at radius 2 is 1.95 bits per heavy atom. The van der Waals surface area contributed by atoms with Gasteiger partial charge in [0.25, 0.3) is 0 Å². The summed E-state index contributed by atoms with van der Waals surface area (Å²) in [5.74, 6) is 0. The first kappa shape index (κ1) is 17.4. The van der Waals surface area contributed by atoms with Crippen molar-refractivity contribution < 1.29 is 4.79 Å². The fourth-order valence-electron chi connectivity index (χ4n) is 2.80. The van der Waals surface area contributed by atoms with Gasteiger partial charge in [0, 0.05) is 0 Å². The van der Waals surface area contributed by atoms with Crippen LogP contribution in [-0.4, -0.2) is 6.29 Å². The SMILES string of the molecule is CC1=C(/C=C/C(C)=[14CH]/C=C/C(C)=C/C=O)C(C)(C)CCC1. The van der Waals surface area contributed by atoms with Gasteiger partial charge in [-0.3, -0.25) is 4.79 Å². The Hall–Kier alpha value is -1.63. The lowest BCUT2D eigenvalue weighted by molar-refractivity contribution is -0.104. The van der Waals surface area contributed by atoms with Gasteiger partial charge in [-0.25, -0.2) is 0 Å². The molecule has 0 aromatic heterocycles. The van der Waals surface area contributed by atoms with Gasteiger partial charge in [0.05, 0.1) is 0 Å². The van der Waals surface area contributed by atoms with E-state index in [-0.39, 0.29) is 5.41 Å². The standard InChI is InChI=1S/C20H28O/c1-16(8-6-9-17(2)13-15-21)11-12-19-18(3)10-7-14-20(19,4)5/h6,8-9,11-13,15H,7,10,14H2,1-5H3/b9-6+,12-11+,16-8+,17-13+/i8+2. The van der Waals surface area contributed by atoms with Gasteiger partial charge in [-0.1, -0.05) is 55.4 Å². The fraction of sp³-hybridized carbons (Fsp3) is 0.450. The van der Waals surface area contributed by atoms with Crippen LogP contribution in [0.15, 0.2) is 58.7 Å². The minimum Gasteiger partial charge on any atom is -0.299 e. The Kier molecular flexibility index (Phi) is 6.61. The van der Waals surface area contributed by atoms with E-state index in [1.54, 1.807) is 6.08 Å². The highest BCUT2D eigenvalue weighted by molar-refractivity contribution is 5.66. The third kappa shape index (κ3) is 5.71. The maximum atomic E-state index is 10.3. The topological polar surface area (TPSA) is 17.1 Å². The highest BCUT2D eigenvalue weighted by Crippen LogP contribution is 2.40. The minimum atomic E-state index is 0.290. The van der Waals surface area contributed by atoms with Crippen LogP contribution in [0.1, 0.15) is 53.9 Å². The number of carbonyl (C=O) groups excluding carboxylic acids is 1. The van der Waals surface area contributed by atoms with Gasteiger partial charge >= 0.3 is 0 Å². The number of rotatable bonds is 5. The number of hydrogen-bond acceptors (Lipinski definition) is 1. The zero-order valence-electron chi connectivity index (χ0n) is 14.1. The third-order valence-electron chi connectivity index (χ3n) is 4.10. The Bertz CT molecular complexity index is 522. The second kappa shape index (κ2) is 7.97. The molecule has 0 spiro atoms. The lowest BCUT2D eigenvalue weighted by Gasteiger charge is -2.32. The zero-order chi connectivity index (χ0) is 15.9. The number of allylic oxidation sites excluding steroid dienone is 10. The monoisotopic (exact) mass is 286 g/mol. The molecule has 114 valence electrons. The van der Waals surface area contributed by atoms with Gasteiger partial charge in [0.1, 0.15) is 6.29 Å². The first-order valence-electron chi connectivity index (χ1n) is 7.72. The largest absolute Gasteiger partial charge is 0.299 e. The molecule has 1 rings (SSSR count). The summed E-state index contributed by atoms with van der Waals surface area (Å²) < 4.78 is 0. The molecule has 0 unspecified atom stereocenters. The summed E-state index contributed by atoms with van der Waals surface area (Å²) in [6.07, 6.45) is 16.6. The van der Waals surface area contributed by atoms with Crippen LogP contribution in [0.25, 0.3) is 0 Å². The van der Waals surface area contributed by atoms with E-state index in [4.69, 9.17) is 0 Å². The van der Waals surface area contributed by atoms with Gasteiger partial charge in [0.2, 0.25) is 0 Å². The predicted molar refractivity (Wildman–Crippen MR) is 92.2 cm³/mol. The molecule has 21 heavy (non-hydrogen) atoms. The predicted octanol–water partition coefficient (Wildman–Crippen LogP) is 5.72.